The normalized spacial score (nSPS) is 11.9. The Morgan fingerprint density at radius 3 is 1.95 bits per heavy atom. The maximum Gasteiger partial charge on any atom is 0.364 e. The van der Waals surface area contributed by atoms with Gasteiger partial charge in [0.05, 0.1) is 27.2 Å². The molecule has 0 spiro atoms. The van der Waals surface area contributed by atoms with Crippen molar-refractivity contribution < 1.29 is 18.4 Å². The Balaban J connectivity index is 3.58. The number of rotatable bonds is 10. The number of ketones is 1. The molecule has 0 fully saturated rings. The molecule has 126 valence electrons. The summed E-state index contributed by atoms with van der Waals surface area (Å²) >= 11 is 4.69. The molecule has 8 heteroatoms. The second kappa shape index (κ2) is 9.50. The summed E-state index contributed by atoms with van der Waals surface area (Å²) in [7, 11) is -3.48. The monoisotopic (exact) mass is 382 g/mol. The quantitative estimate of drug-likeness (QED) is 0.320. The van der Waals surface area contributed by atoms with E-state index in [1.807, 2.05) is 13.8 Å². The van der Waals surface area contributed by atoms with Gasteiger partial charge in [-0.25, -0.2) is 0 Å². The fourth-order valence-electron chi connectivity index (χ4n) is 1.91. The van der Waals surface area contributed by atoms with Crippen LogP contribution >= 0.6 is 42.5 Å². The van der Waals surface area contributed by atoms with Gasteiger partial charge < -0.3 is 9.05 Å². The van der Waals surface area contributed by atoms with E-state index in [-0.39, 0.29) is 19.0 Å². The lowest BCUT2D eigenvalue weighted by molar-refractivity contribution is 0.101. The molecule has 0 aromatic carbocycles. The zero-order chi connectivity index (χ0) is 16.8. The largest absolute Gasteiger partial charge is 0.364 e. The highest BCUT2D eigenvalue weighted by Gasteiger charge is 2.37. The Hall–Kier alpha value is 0.220. The molecule has 0 aliphatic carbocycles. The zero-order valence-electron chi connectivity index (χ0n) is 13.6. The molecule has 0 saturated heterocycles. The van der Waals surface area contributed by atoms with Crippen LogP contribution in [0.5, 0.6) is 0 Å². The molecule has 1 aromatic rings. The van der Waals surface area contributed by atoms with Crippen LogP contribution in [0.2, 0.25) is 0 Å². The van der Waals surface area contributed by atoms with Crippen molar-refractivity contribution in [3.63, 3.8) is 0 Å². The van der Waals surface area contributed by atoms with Crippen molar-refractivity contribution in [3.05, 3.63) is 5.56 Å². The summed E-state index contributed by atoms with van der Waals surface area (Å²) in [6.45, 7) is 9.67. The maximum absolute atomic E-state index is 13.2. The predicted molar refractivity (Wildman–Crippen MR) is 97.6 cm³/mol. The lowest BCUT2D eigenvalue weighted by Crippen LogP contribution is -2.17. The minimum Gasteiger partial charge on any atom is -0.305 e. The number of carbonyl (C=O) groups is 1. The molecule has 4 nitrogen and oxygen atoms in total. The molecular weight excluding hydrogens is 359 g/mol. The summed E-state index contributed by atoms with van der Waals surface area (Å²) in [6, 6.07) is 0. The second-order valence-electron chi connectivity index (χ2n) is 4.16. The van der Waals surface area contributed by atoms with Gasteiger partial charge in [0.15, 0.2) is 5.78 Å². The summed E-state index contributed by atoms with van der Waals surface area (Å²) in [6.07, 6.45) is 0. The minimum atomic E-state index is -3.48. The molecule has 0 amide bonds. The van der Waals surface area contributed by atoms with E-state index in [1.165, 1.54) is 18.3 Å². The predicted octanol–water partition coefficient (Wildman–Crippen LogP) is 5.07. The first-order valence-electron chi connectivity index (χ1n) is 7.28. The fraction of sp³-hybridized carbons (Fsp3) is 0.643. The highest BCUT2D eigenvalue weighted by molar-refractivity contribution is 8.04. The lowest BCUT2D eigenvalue weighted by atomic mass is 10.2. The summed E-state index contributed by atoms with van der Waals surface area (Å²) in [5.41, 5.74) is 0.512. The molecule has 0 unspecified atom stereocenters. The van der Waals surface area contributed by atoms with Gasteiger partial charge in [0, 0.05) is 0 Å². The molecule has 1 rings (SSSR count). The van der Waals surface area contributed by atoms with Crippen LogP contribution < -0.4 is 5.30 Å². The van der Waals surface area contributed by atoms with Crippen LogP contribution in [0.3, 0.4) is 0 Å². The van der Waals surface area contributed by atoms with Crippen molar-refractivity contribution in [3.8, 4) is 0 Å². The van der Waals surface area contributed by atoms with E-state index in [4.69, 9.17) is 9.05 Å². The number of hydrogen-bond acceptors (Lipinski definition) is 7. The van der Waals surface area contributed by atoms with Crippen molar-refractivity contribution in [1.82, 2.24) is 0 Å². The van der Waals surface area contributed by atoms with E-state index in [9.17, 15) is 9.36 Å². The van der Waals surface area contributed by atoms with Gasteiger partial charge in [-0.1, -0.05) is 13.8 Å². The zero-order valence-corrected chi connectivity index (χ0v) is 17.0. The number of thioether (sulfide) groups is 2. The molecule has 22 heavy (non-hydrogen) atoms. The van der Waals surface area contributed by atoms with E-state index in [0.717, 1.165) is 19.9 Å². The molecule has 0 atom stereocenters. The molecule has 1 aromatic heterocycles. The third kappa shape index (κ3) is 4.62. The van der Waals surface area contributed by atoms with Crippen molar-refractivity contribution >= 4 is 53.5 Å². The van der Waals surface area contributed by atoms with Gasteiger partial charge in [-0.05, 0) is 32.3 Å². The summed E-state index contributed by atoms with van der Waals surface area (Å²) in [4.78, 5) is 12.2. The van der Waals surface area contributed by atoms with Crippen molar-refractivity contribution in [2.45, 2.75) is 43.0 Å². The first kappa shape index (κ1) is 20.3. The van der Waals surface area contributed by atoms with Gasteiger partial charge >= 0.3 is 7.60 Å². The molecule has 0 aliphatic heterocycles. The third-order valence-corrected chi connectivity index (χ3v) is 8.58. The Labute approximate surface area is 145 Å². The lowest BCUT2D eigenvalue weighted by Gasteiger charge is -2.18. The molecule has 0 N–H and O–H groups in total. The van der Waals surface area contributed by atoms with Crippen LogP contribution in [0.25, 0.3) is 0 Å². The highest BCUT2D eigenvalue weighted by Crippen LogP contribution is 2.53. The minimum absolute atomic E-state index is 0.0928. The molecular formula is C14H23O4PS3. The highest BCUT2D eigenvalue weighted by atomic mass is 32.2. The fourth-order valence-corrected chi connectivity index (χ4v) is 8.55. The van der Waals surface area contributed by atoms with Crippen LogP contribution in [0, 0.1) is 0 Å². The van der Waals surface area contributed by atoms with Crippen LogP contribution in [-0.2, 0) is 13.6 Å². The molecule has 1 heterocycles. The number of thiophene rings is 1. The number of carbonyl (C=O) groups excluding carboxylic acids is 1. The summed E-state index contributed by atoms with van der Waals surface area (Å²) in [5.74, 6) is 1.59. The Kier molecular flexibility index (Phi) is 8.75. The average Bonchev–Trinajstić information content (AvgIpc) is 2.79. The van der Waals surface area contributed by atoms with Gasteiger partial charge in [-0.15, -0.1) is 34.9 Å². The maximum atomic E-state index is 13.2. The van der Waals surface area contributed by atoms with Gasteiger partial charge in [0.2, 0.25) is 0 Å². The van der Waals surface area contributed by atoms with E-state index >= 15 is 0 Å². The average molecular weight is 383 g/mol. The molecule has 0 bridgehead atoms. The smallest absolute Gasteiger partial charge is 0.305 e. The Morgan fingerprint density at radius 2 is 1.55 bits per heavy atom. The Morgan fingerprint density at radius 1 is 1.05 bits per heavy atom. The van der Waals surface area contributed by atoms with E-state index in [1.54, 1.807) is 37.4 Å². The first-order valence-corrected chi connectivity index (χ1v) is 11.6. The first-order chi connectivity index (χ1) is 10.4. The van der Waals surface area contributed by atoms with Crippen molar-refractivity contribution in [1.29, 1.82) is 0 Å². The van der Waals surface area contributed by atoms with Crippen molar-refractivity contribution in [2.75, 3.05) is 24.7 Å². The van der Waals surface area contributed by atoms with Gasteiger partial charge in [-0.3, -0.25) is 9.36 Å². The van der Waals surface area contributed by atoms with Crippen LogP contribution in [0.15, 0.2) is 8.42 Å². The third-order valence-electron chi connectivity index (χ3n) is 2.59. The van der Waals surface area contributed by atoms with E-state index in [0.29, 0.717) is 10.9 Å². The molecule has 0 saturated carbocycles. The van der Waals surface area contributed by atoms with Crippen molar-refractivity contribution in [2.24, 2.45) is 0 Å². The van der Waals surface area contributed by atoms with Gasteiger partial charge in [0.25, 0.3) is 0 Å². The summed E-state index contributed by atoms with van der Waals surface area (Å²) < 4.78 is 26.0. The van der Waals surface area contributed by atoms with E-state index < -0.39 is 7.60 Å². The Bertz CT molecular complexity index is 547. The summed E-state index contributed by atoms with van der Waals surface area (Å²) in [5, 5.41) is 0.469. The second-order valence-corrected chi connectivity index (χ2v) is 10.2. The molecule has 0 aliphatic rings. The number of Topliss-reactive ketones (excluding diaryl/α,β-unsaturated/α-hetero) is 1. The SMILES string of the molecule is CCOP(=O)(OCC)c1c(SCC)sc(SCC)c1C(C)=O. The van der Waals surface area contributed by atoms with E-state index in [2.05, 4.69) is 0 Å². The molecule has 0 radical (unpaired) electrons. The number of hydrogen-bond donors (Lipinski definition) is 0. The van der Waals surface area contributed by atoms with Crippen LogP contribution in [0.1, 0.15) is 45.0 Å². The standard InChI is InChI=1S/C14H23O4PS3/c1-6-17-19(16,18-7-2)12-11(10(5)15)13(20-8-3)22-14(12)21-9-4/h6-9H2,1-5H3. The van der Waals surface area contributed by atoms with Crippen LogP contribution in [0.4, 0.5) is 0 Å². The van der Waals surface area contributed by atoms with Gasteiger partial charge in [-0.2, -0.15) is 0 Å². The van der Waals surface area contributed by atoms with Crippen LogP contribution in [-0.4, -0.2) is 30.5 Å². The topological polar surface area (TPSA) is 52.6 Å². The van der Waals surface area contributed by atoms with Gasteiger partial charge in [0.1, 0.15) is 5.30 Å².